The zero-order chi connectivity index (χ0) is 13.8. The van der Waals surface area contributed by atoms with Gasteiger partial charge in [0.2, 0.25) is 5.91 Å². The molecule has 3 nitrogen and oxygen atoms in total. The molecule has 1 amide bonds. The lowest BCUT2D eigenvalue weighted by Gasteiger charge is -2.23. The number of hydrogen-bond acceptors (Lipinski definition) is 2. The van der Waals surface area contributed by atoms with Crippen LogP contribution in [-0.2, 0) is 11.3 Å². The lowest BCUT2D eigenvalue weighted by Crippen LogP contribution is -2.36. The highest BCUT2D eigenvalue weighted by Crippen LogP contribution is 2.33. The van der Waals surface area contributed by atoms with Crippen LogP contribution in [0.25, 0.3) is 0 Å². The van der Waals surface area contributed by atoms with Gasteiger partial charge in [0.25, 0.3) is 0 Å². The Morgan fingerprint density at radius 1 is 1.47 bits per heavy atom. The van der Waals surface area contributed by atoms with Crippen LogP contribution >= 0.6 is 11.6 Å². The van der Waals surface area contributed by atoms with E-state index < -0.39 is 0 Å². The van der Waals surface area contributed by atoms with E-state index >= 15 is 0 Å². The summed E-state index contributed by atoms with van der Waals surface area (Å²) in [7, 11) is 0. The molecule has 0 saturated heterocycles. The van der Waals surface area contributed by atoms with E-state index in [0.717, 1.165) is 5.56 Å². The van der Waals surface area contributed by atoms with Crippen molar-refractivity contribution in [1.82, 2.24) is 4.90 Å². The van der Waals surface area contributed by atoms with Crippen LogP contribution in [0.4, 0.5) is 0 Å². The molecule has 0 aromatic heterocycles. The van der Waals surface area contributed by atoms with Crippen molar-refractivity contribution in [3.63, 3.8) is 0 Å². The van der Waals surface area contributed by atoms with Gasteiger partial charge in [0.15, 0.2) is 0 Å². The van der Waals surface area contributed by atoms with E-state index in [1.807, 2.05) is 36.1 Å². The second kappa shape index (κ2) is 6.40. The van der Waals surface area contributed by atoms with E-state index in [9.17, 15) is 4.79 Å². The maximum absolute atomic E-state index is 12.2. The van der Waals surface area contributed by atoms with Gasteiger partial charge >= 0.3 is 0 Å². The number of hydrogen-bond donors (Lipinski definition) is 1. The van der Waals surface area contributed by atoms with Crippen molar-refractivity contribution in [3.05, 3.63) is 34.9 Å². The monoisotopic (exact) mass is 280 g/mol. The average Bonchev–Trinajstić information content (AvgIpc) is 3.21. The third kappa shape index (κ3) is 3.95. The summed E-state index contributed by atoms with van der Waals surface area (Å²) in [6.07, 6.45) is 2.79. The molecule has 19 heavy (non-hydrogen) atoms. The number of benzene rings is 1. The Labute approximate surface area is 119 Å². The molecule has 1 aliphatic rings. The van der Waals surface area contributed by atoms with Gasteiger partial charge in [0, 0.05) is 30.6 Å². The highest BCUT2D eigenvalue weighted by atomic mass is 35.5. The fraction of sp³-hybridized carbons (Fsp3) is 0.533. The SMILES string of the molecule is CCN(Cc1ccccc1Cl)C(=O)CC(N)C1CC1. The summed E-state index contributed by atoms with van der Waals surface area (Å²) in [4.78, 5) is 14.1. The Kier molecular flexibility index (Phi) is 4.83. The van der Waals surface area contributed by atoms with Gasteiger partial charge in [0.1, 0.15) is 0 Å². The normalized spacial score (nSPS) is 16.2. The van der Waals surface area contributed by atoms with Gasteiger partial charge in [-0.3, -0.25) is 4.79 Å². The van der Waals surface area contributed by atoms with E-state index in [0.29, 0.717) is 30.5 Å². The zero-order valence-electron chi connectivity index (χ0n) is 11.3. The summed E-state index contributed by atoms with van der Waals surface area (Å²) in [6, 6.07) is 7.67. The smallest absolute Gasteiger partial charge is 0.224 e. The Bertz CT molecular complexity index is 446. The molecule has 1 saturated carbocycles. The second-order valence-corrected chi connectivity index (χ2v) is 5.61. The Balaban J connectivity index is 1.95. The van der Waals surface area contributed by atoms with E-state index in [1.54, 1.807) is 0 Å². The fourth-order valence-corrected chi connectivity index (χ4v) is 2.43. The number of nitrogens with zero attached hydrogens (tertiary/aromatic N) is 1. The second-order valence-electron chi connectivity index (χ2n) is 5.20. The molecule has 2 rings (SSSR count). The van der Waals surface area contributed by atoms with Crippen molar-refractivity contribution in [2.75, 3.05) is 6.54 Å². The molecule has 0 radical (unpaired) electrons. The van der Waals surface area contributed by atoms with Gasteiger partial charge in [-0.2, -0.15) is 0 Å². The van der Waals surface area contributed by atoms with Crippen LogP contribution < -0.4 is 5.73 Å². The molecule has 0 heterocycles. The number of nitrogens with two attached hydrogens (primary N) is 1. The molecule has 0 aliphatic heterocycles. The Morgan fingerprint density at radius 3 is 2.74 bits per heavy atom. The van der Waals surface area contributed by atoms with Gasteiger partial charge in [-0.1, -0.05) is 29.8 Å². The number of halogens is 1. The molecule has 1 atom stereocenters. The maximum atomic E-state index is 12.2. The summed E-state index contributed by atoms with van der Waals surface area (Å²) < 4.78 is 0. The van der Waals surface area contributed by atoms with E-state index in [-0.39, 0.29) is 11.9 Å². The van der Waals surface area contributed by atoms with E-state index in [2.05, 4.69) is 0 Å². The summed E-state index contributed by atoms with van der Waals surface area (Å²) in [5, 5.41) is 0.709. The first-order valence-corrected chi connectivity index (χ1v) is 7.26. The van der Waals surface area contributed by atoms with Crippen LogP contribution in [-0.4, -0.2) is 23.4 Å². The van der Waals surface area contributed by atoms with E-state index in [1.165, 1.54) is 12.8 Å². The van der Waals surface area contributed by atoms with Gasteiger partial charge in [-0.25, -0.2) is 0 Å². The molecule has 1 aliphatic carbocycles. The molecule has 0 spiro atoms. The predicted molar refractivity (Wildman–Crippen MR) is 77.9 cm³/mol. The number of carbonyl (C=O) groups excluding carboxylic acids is 1. The summed E-state index contributed by atoms with van der Waals surface area (Å²) in [5.41, 5.74) is 7.01. The van der Waals surface area contributed by atoms with Crippen LogP contribution in [0.3, 0.4) is 0 Å². The van der Waals surface area contributed by atoms with Crippen LogP contribution in [0, 0.1) is 5.92 Å². The molecule has 4 heteroatoms. The maximum Gasteiger partial charge on any atom is 0.224 e. The third-order valence-electron chi connectivity index (χ3n) is 3.69. The van der Waals surface area contributed by atoms with Crippen LogP contribution in [0.1, 0.15) is 31.7 Å². The molecule has 1 aromatic carbocycles. The van der Waals surface area contributed by atoms with Gasteiger partial charge < -0.3 is 10.6 Å². The molecule has 0 bridgehead atoms. The average molecular weight is 281 g/mol. The van der Waals surface area contributed by atoms with Gasteiger partial charge in [0.05, 0.1) is 0 Å². The number of amides is 1. The van der Waals surface area contributed by atoms with Gasteiger partial charge in [-0.05, 0) is 37.3 Å². The first-order valence-electron chi connectivity index (χ1n) is 6.88. The lowest BCUT2D eigenvalue weighted by molar-refractivity contribution is -0.132. The summed E-state index contributed by atoms with van der Waals surface area (Å²) >= 11 is 6.13. The Morgan fingerprint density at radius 2 is 2.16 bits per heavy atom. The van der Waals surface area contributed by atoms with Crippen molar-refractivity contribution in [3.8, 4) is 0 Å². The lowest BCUT2D eigenvalue weighted by atomic mass is 10.1. The van der Waals surface area contributed by atoms with Crippen molar-refractivity contribution in [1.29, 1.82) is 0 Å². The summed E-state index contributed by atoms with van der Waals surface area (Å²) in [6.45, 7) is 3.23. The minimum absolute atomic E-state index is 0.0211. The van der Waals surface area contributed by atoms with Crippen molar-refractivity contribution in [2.45, 2.75) is 38.8 Å². The Hall–Kier alpha value is -1.06. The van der Waals surface area contributed by atoms with Crippen LogP contribution in [0.2, 0.25) is 5.02 Å². The topological polar surface area (TPSA) is 46.3 Å². The molecular weight excluding hydrogens is 260 g/mol. The fourth-order valence-electron chi connectivity index (χ4n) is 2.23. The van der Waals surface area contributed by atoms with Gasteiger partial charge in [-0.15, -0.1) is 0 Å². The standard InChI is InChI=1S/C15H21ClN2O/c1-2-18(10-12-5-3-4-6-13(12)16)15(19)9-14(17)11-7-8-11/h3-6,11,14H,2,7-10,17H2,1H3. The highest BCUT2D eigenvalue weighted by molar-refractivity contribution is 6.31. The zero-order valence-corrected chi connectivity index (χ0v) is 12.1. The van der Waals surface area contributed by atoms with E-state index in [4.69, 9.17) is 17.3 Å². The van der Waals surface area contributed by atoms with Crippen molar-refractivity contribution >= 4 is 17.5 Å². The third-order valence-corrected chi connectivity index (χ3v) is 4.06. The van der Waals surface area contributed by atoms with Crippen LogP contribution in [0.5, 0.6) is 0 Å². The minimum atomic E-state index is 0.0211. The highest BCUT2D eigenvalue weighted by Gasteiger charge is 2.30. The van der Waals surface area contributed by atoms with Crippen molar-refractivity contribution < 1.29 is 4.79 Å². The predicted octanol–water partition coefficient (Wildman–Crippen LogP) is 2.82. The minimum Gasteiger partial charge on any atom is -0.339 e. The van der Waals surface area contributed by atoms with Crippen molar-refractivity contribution in [2.24, 2.45) is 11.7 Å². The largest absolute Gasteiger partial charge is 0.339 e. The quantitative estimate of drug-likeness (QED) is 0.871. The number of carbonyl (C=O) groups is 1. The first kappa shape index (κ1) is 14.4. The molecule has 1 aromatic rings. The summed E-state index contributed by atoms with van der Waals surface area (Å²) in [5.74, 6) is 0.685. The van der Waals surface area contributed by atoms with Crippen LogP contribution in [0.15, 0.2) is 24.3 Å². The molecule has 1 unspecified atom stereocenters. The molecular formula is C15H21ClN2O. The number of rotatable bonds is 6. The molecule has 1 fully saturated rings. The molecule has 2 N–H and O–H groups in total. The first-order chi connectivity index (χ1) is 9.11. The molecule has 104 valence electrons.